The van der Waals surface area contributed by atoms with Crippen molar-refractivity contribution >= 4 is 10.8 Å². The van der Waals surface area contributed by atoms with Gasteiger partial charge >= 0.3 is 6.61 Å². The van der Waals surface area contributed by atoms with Crippen LogP contribution in [-0.4, -0.2) is 6.61 Å². The molecule has 0 saturated heterocycles. The Morgan fingerprint density at radius 2 is 1.54 bits per heavy atom. The summed E-state index contributed by atoms with van der Waals surface area (Å²) >= 11 is 0. The Balaban J connectivity index is 1.94. The standard InChI is InChI=1S/C20H17F3O/c1-2-3-13-4-5-15-11-16(7-6-14(15)10-13)17-8-9-19(18(21)12-17)24-20(22)23/h4-12,20H,2-3H2,1H3. The highest BCUT2D eigenvalue weighted by Crippen LogP contribution is 2.29. The van der Waals surface area contributed by atoms with Crippen LogP contribution in [0.5, 0.6) is 5.75 Å². The first kappa shape index (κ1) is 16.4. The summed E-state index contributed by atoms with van der Waals surface area (Å²) in [5, 5.41) is 2.18. The summed E-state index contributed by atoms with van der Waals surface area (Å²) < 4.78 is 42.4. The van der Waals surface area contributed by atoms with Gasteiger partial charge in [0.25, 0.3) is 0 Å². The van der Waals surface area contributed by atoms with E-state index in [2.05, 4.69) is 29.9 Å². The summed E-state index contributed by atoms with van der Waals surface area (Å²) in [5.74, 6) is -1.25. The Bertz CT molecular complexity index is 859. The van der Waals surface area contributed by atoms with Gasteiger partial charge in [-0.05, 0) is 52.1 Å². The minimum atomic E-state index is -3.04. The van der Waals surface area contributed by atoms with Gasteiger partial charge in [0.2, 0.25) is 0 Å². The van der Waals surface area contributed by atoms with Gasteiger partial charge in [-0.2, -0.15) is 8.78 Å². The Morgan fingerprint density at radius 1 is 0.875 bits per heavy atom. The average Bonchev–Trinajstić information content (AvgIpc) is 2.56. The molecule has 3 aromatic rings. The van der Waals surface area contributed by atoms with Crippen LogP contribution in [0.1, 0.15) is 18.9 Å². The predicted molar refractivity (Wildman–Crippen MR) is 90.0 cm³/mol. The second kappa shape index (κ2) is 6.95. The van der Waals surface area contributed by atoms with Crippen molar-refractivity contribution in [1.29, 1.82) is 0 Å². The molecule has 0 fully saturated rings. The molecule has 0 aliphatic rings. The van der Waals surface area contributed by atoms with Gasteiger partial charge in [0.05, 0.1) is 0 Å². The SMILES string of the molecule is CCCc1ccc2cc(-c3ccc(OC(F)F)c(F)c3)ccc2c1. The van der Waals surface area contributed by atoms with E-state index in [1.807, 2.05) is 18.2 Å². The van der Waals surface area contributed by atoms with Crippen LogP contribution in [-0.2, 0) is 6.42 Å². The highest BCUT2D eigenvalue weighted by atomic mass is 19.3. The topological polar surface area (TPSA) is 9.23 Å². The van der Waals surface area contributed by atoms with E-state index in [4.69, 9.17) is 0 Å². The van der Waals surface area contributed by atoms with Gasteiger partial charge in [-0.3, -0.25) is 0 Å². The fourth-order valence-electron chi connectivity index (χ4n) is 2.79. The number of hydrogen-bond donors (Lipinski definition) is 0. The summed E-state index contributed by atoms with van der Waals surface area (Å²) in [6.45, 7) is -0.896. The minimum absolute atomic E-state index is 0.446. The van der Waals surface area contributed by atoms with Crippen molar-refractivity contribution < 1.29 is 17.9 Å². The van der Waals surface area contributed by atoms with Crippen LogP contribution in [0.15, 0.2) is 54.6 Å². The maximum absolute atomic E-state index is 13.9. The van der Waals surface area contributed by atoms with E-state index in [9.17, 15) is 13.2 Å². The van der Waals surface area contributed by atoms with Crippen molar-refractivity contribution in [1.82, 2.24) is 0 Å². The molecular formula is C20H17F3O. The van der Waals surface area contributed by atoms with Crippen molar-refractivity contribution in [3.63, 3.8) is 0 Å². The van der Waals surface area contributed by atoms with Gasteiger partial charge in [0.1, 0.15) is 0 Å². The zero-order chi connectivity index (χ0) is 17.1. The van der Waals surface area contributed by atoms with Crippen molar-refractivity contribution in [3.8, 4) is 16.9 Å². The molecule has 0 heterocycles. The second-order valence-corrected chi connectivity index (χ2v) is 5.67. The molecule has 0 unspecified atom stereocenters. The normalized spacial score (nSPS) is 11.2. The predicted octanol–water partition coefficient (Wildman–Crippen LogP) is 6.20. The number of fused-ring (bicyclic) bond motifs is 1. The van der Waals surface area contributed by atoms with Crippen LogP contribution < -0.4 is 4.74 Å². The van der Waals surface area contributed by atoms with Gasteiger partial charge in [-0.1, -0.05) is 49.7 Å². The molecule has 0 spiro atoms. The van der Waals surface area contributed by atoms with Crippen LogP contribution in [0.3, 0.4) is 0 Å². The Morgan fingerprint density at radius 3 is 2.25 bits per heavy atom. The van der Waals surface area contributed by atoms with E-state index in [1.165, 1.54) is 17.7 Å². The fourth-order valence-corrected chi connectivity index (χ4v) is 2.79. The number of halogens is 3. The molecule has 0 N–H and O–H groups in total. The summed E-state index contributed by atoms with van der Waals surface area (Å²) in [4.78, 5) is 0. The maximum Gasteiger partial charge on any atom is 0.387 e. The van der Waals surface area contributed by atoms with Crippen LogP contribution in [0.25, 0.3) is 21.9 Å². The van der Waals surface area contributed by atoms with Crippen molar-refractivity contribution in [3.05, 3.63) is 66.0 Å². The first-order chi connectivity index (χ1) is 11.6. The minimum Gasteiger partial charge on any atom is -0.432 e. The Hall–Kier alpha value is -2.49. The summed E-state index contributed by atoms with van der Waals surface area (Å²) in [6, 6.07) is 16.2. The molecule has 0 radical (unpaired) electrons. The van der Waals surface area contributed by atoms with Gasteiger partial charge in [0.15, 0.2) is 11.6 Å². The molecule has 0 aliphatic carbocycles. The molecule has 1 nitrogen and oxygen atoms in total. The molecule has 4 heteroatoms. The Labute approximate surface area is 138 Å². The van der Waals surface area contributed by atoms with Crippen LogP contribution in [0.2, 0.25) is 0 Å². The molecule has 0 aromatic heterocycles. The lowest BCUT2D eigenvalue weighted by Gasteiger charge is -2.09. The third-order valence-electron chi connectivity index (χ3n) is 3.92. The van der Waals surface area contributed by atoms with E-state index in [0.29, 0.717) is 5.56 Å². The molecule has 0 bridgehead atoms. The van der Waals surface area contributed by atoms with E-state index < -0.39 is 18.2 Å². The van der Waals surface area contributed by atoms with E-state index in [1.54, 1.807) is 6.07 Å². The molecule has 0 atom stereocenters. The summed E-state index contributed by atoms with van der Waals surface area (Å²) in [7, 11) is 0. The Kier molecular flexibility index (Phi) is 4.74. The van der Waals surface area contributed by atoms with Crippen LogP contribution in [0, 0.1) is 5.82 Å². The highest BCUT2D eigenvalue weighted by molar-refractivity contribution is 5.88. The van der Waals surface area contributed by atoms with Gasteiger partial charge in [-0.15, -0.1) is 0 Å². The molecule has 24 heavy (non-hydrogen) atoms. The van der Waals surface area contributed by atoms with Gasteiger partial charge in [0, 0.05) is 0 Å². The fraction of sp³-hybridized carbons (Fsp3) is 0.200. The van der Waals surface area contributed by atoms with Gasteiger partial charge in [-0.25, -0.2) is 4.39 Å². The number of aryl methyl sites for hydroxylation is 1. The lowest BCUT2D eigenvalue weighted by molar-refractivity contribution is -0.0521. The van der Waals surface area contributed by atoms with Crippen molar-refractivity contribution in [2.45, 2.75) is 26.4 Å². The monoisotopic (exact) mass is 330 g/mol. The molecule has 0 aliphatic heterocycles. The van der Waals surface area contributed by atoms with E-state index in [0.717, 1.165) is 29.2 Å². The van der Waals surface area contributed by atoms with Crippen LogP contribution in [0.4, 0.5) is 13.2 Å². The first-order valence-electron chi connectivity index (χ1n) is 7.84. The second-order valence-electron chi connectivity index (χ2n) is 5.67. The van der Waals surface area contributed by atoms with Crippen molar-refractivity contribution in [2.24, 2.45) is 0 Å². The first-order valence-corrected chi connectivity index (χ1v) is 7.84. The molecular weight excluding hydrogens is 313 g/mol. The number of benzene rings is 3. The zero-order valence-corrected chi connectivity index (χ0v) is 13.2. The van der Waals surface area contributed by atoms with Gasteiger partial charge < -0.3 is 4.74 Å². The summed E-state index contributed by atoms with van der Waals surface area (Å²) in [5.41, 5.74) is 2.74. The third-order valence-corrected chi connectivity index (χ3v) is 3.92. The number of rotatable bonds is 5. The van der Waals surface area contributed by atoms with Crippen LogP contribution >= 0.6 is 0 Å². The number of hydrogen-bond acceptors (Lipinski definition) is 1. The summed E-state index contributed by atoms with van der Waals surface area (Å²) in [6.07, 6.45) is 2.13. The number of alkyl halides is 2. The zero-order valence-electron chi connectivity index (χ0n) is 13.2. The quantitative estimate of drug-likeness (QED) is 0.541. The average molecular weight is 330 g/mol. The highest BCUT2D eigenvalue weighted by Gasteiger charge is 2.11. The molecule has 124 valence electrons. The van der Waals surface area contributed by atoms with E-state index in [-0.39, 0.29) is 0 Å². The lowest BCUT2D eigenvalue weighted by Crippen LogP contribution is -2.03. The van der Waals surface area contributed by atoms with Crippen molar-refractivity contribution in [2.75, 3.05) is 0 Å². The molecule has 0 amide bonds. The molecule has 3 aromatic carbocycles. The molecule has 0 saturated carbocycles. The maximum atomic E-state index is 13.9. The lowest BCUT2D eigenvalue weighted by atomic mass is 9.99. The third kappa shape index (κ3) is 3.53. The van der Waals surface area contributed by atoms with E-state index >= 15 is 0 Å². The molecule has 3 rings (SSSR count). The smallest absolute Gasteiger partial charge is 0.387 e. The number of ether oxygens (including phenoxy) is 1. The largest absolute Gasteiger partial charge is 0.432 e.